The van der Waals surface area contributed by atoms with Crippen molar-refractivity contribution in [2.75, 3.05) is 19.5 Å². The maximum atomic E-state index is 5.33. The quantitative estimate of drug-likeness (QED) is 0.812. The summed E-state index contributed by atoms with van der Waals surface area (Å²) in [6, 6.07) is 4.70. The van der Waals surface area contributed by atoms with Crippen LogP contribution in [0.25, 0.3) is 10.9 Å². The smallest absolute Gasteiger partial charge is 0.493 e. The van der Waals surface area contributed by atoms with Crippen LogP contribution in [0.2, 0.25) is 0 Å². The van der Waals surface area contributed by atoms with Crippen molar-refractivity contribution in [2.45, 2.75) is 0 Å². The molecule has 0 unspecified atom stereocenters. The molecule has 10 radical (unpaired) electrons. The van der Waals surface area contributed by atoms with Crippen molar-refractivity contribution in [1.29, 1.82) is 0 Å². The average Bonchev–Trinajstić information content (AvgIpc) is 3.37. The normalized spacial score (nSPS) is 16.5. The molecule has 4 rings (SSSR count). The van der Waals surface area contributed by atoms with Crippen LogP contribution in [0.3, 0.4) is 0 Å². The summed E-state index contributed by atoms with van der Waals surface area (Å²) in [4.78, 5) is 8.56. The second kappa shape index (κ2) is 10.6. The molecule has 5 nitrogen and oxygen atoms in total. The zero-order valence-corrected chi connectivity index (χ0v) is 15.6. The van der Waals surface area contributed by atoms with E-state index in [9.17, 15) is 0 Å². The maximum absolute atomic E-state index is 5.33. The first-order valence-corrected chi connectivity index (χ1v) is 7.84. The van der Waals surface area contributed by atoms with Gasteiger partial charge in [-0.2, -0.15) is 0 Å². The maximum Gasteiger partial charge on any atom is 2.00 e. The summed E-state index contributed by atoms with van der Waals surface area (Å²) in [6.45, 7) is 0. The summed E-state index contributed by atoms with van der Waals surface area (Å²) in [5, 5.41) is 4.15. The Balaban J connectivity index is 0.000000351. The summed E-state index contributed by atoms with van der Waals surface area (Å²) in [6.07, 6.45) is 19.4. The van der Waals surface area contributed by atoms with Gasteiger partial charge in [0, 0.05) is 11.5 Å². The van der Waals surface area contributed by atoms with Gasteiger partial charge in [-0.25, -0.2) is 9.97 Å². The molecular weight excluding hydrogens is 370 g/mol. The Morgan fingerprint density at radius 3 is 1.92 bits per heavy atom. The molecule has 0 atom stereocenters. The van der Waals surface area contributed by atoms with E-state index in [1.165, 1.54) is 6.33 Å². The van der Waals surface area contributed by atoms with Gasteiger partial charge in [-0.15, -0.1) is 0 Å². The molecule has 2 saturated carbocycles. The van der Waals surface area contributed by atoms with Gasteiger partial charge in [0.25, 0.3) is 0 Å². The second-order valence-electron chi connectivity index (χ2n) is 5.21. The second-order valence-corrected chi connectivity index (χ2v) is 5.21. The van der Waals surface area contributed by atoms with E-state index in [-0.39, 0.29) is 17.1 Å². The minimum absolute atomic E-state index is 0. The fourth-order valence-electron chi connectivity index (χ4n) is 2.40. The largest absolute Gasteiger partial charge is 2.00 e. The van der Waals surface area contributed by atoms with Gasteiger partial charge in [0.15, 0.2) is 11.5 Å². The topological polar surface area (TPSA) is 56.3 Å². The van der Waals surface area contributed by atoms with Crippen molar-refractivity contribution in [3.05, 3.63) is 82.3 Å². The fraction of sp³-hybridized carbons (Fsp3) is 0.100. The van der Waals surface area contributed by atoms with Crippen molar-refractivity contribution >= 4 is 16.7 Å². The fourth-order valence-corrected chi connectivity index (χ4v) is 2.40. The molecule has 2 fully saturated rings. The molecule has 1 heterocycles. The predicted molar refractivity (Wildman–Crippen MR) is 98.2 cm³/mol. The monoisotopic (exact) mass is 389 g/mol. The Kier molecular flexibility index (Phi) is 8.46. The van der Waals surface area contributed by atoms with E-state index in [2.05, 4.69) is 15.3 Å². The summed E-state index contributed by atoms with van der Waals surface area (Å²) in [5.41, 5.74) is 0.798. The van der Waals surface area contributed by atoms with Crippen LogP contribution in [0.1, 0.15) is 0 Å². The molecule has 1 N–H and O–H groups in total. The van der Waals surface area contributed by atoms with Crippen molar-refractivity contribution in [3.8, 4) is 11.5 Å². The van der Waals surface area contributed by atoms with Gasteiger partial charge in [0.2, 0.25) is 0 Å². The van der Waals surface area contributed by atoms with Crippen molar-refractivity contribution < 1.29 is 26.5 Å². The molecule has 0 bridgehead atoms. The van der Waals surface area contributed by atoms with E-state index < -0.39 is 0 Å². The molecule has 0 saturated heterocycles. The van der Waals surface area contributed by atoms with Crippen molar-refractivity contribution in [3.63, 3.8) is 0 Å². The number of aromatic nitrogens is 2. The molecule has 0 aliphatic heterocycles. The van der Waals surface area contributed by atoms with E-state index in [0.717, 1.165) is 22.8 Å². The van der Waals surface area contributed by atoms with E-state index in [0.29, 0.717) is 11.5 Å². The van der Waals surface area contributed by atoms with Crippen LogP contribution in [-0.4, -0.2) is 24.2 Å². The number of benzene rings is 1. The van der Waals surface area contributed by atoms with Crippen LogP contribution in [0.5, 0.6) is 11.5 Å². The molecule has 26 heavy (non-hydrogen) atoms. The van der Waals surface area contributed by atoms with Crippen LogP contribution in [-0.2, 0) is 17.1 Å². The molecule has 132 valence electrons. The number of anilines is 1. The van der Waals surface area contributed by atoms with E-state index in [1.54, 1.807) is 14.2 Å². The summed E-state index contributed by atoms with van der Waals surface area (Å²) in [7, 11) is 3.21. The first kappa shape index (κ1) is 20.8. The standard InChI is InChI=1S/C15H14N3O2.C5H5.Fe/c1-19-13-7-11-12(8-14(13)20-2)16-9-17-15(11)18-10-5-3-4-6-10;1-2-4-5-3-1;/h3-9H,1-2H3,(H,16,17,18);1-5H;/q;;+2. The number of rotatable bonds is 4. The molecule has 1 aromatic heterocycles. The Morgan fingerprint density at radius 1 is 0.769 bits per heavy atom. The molecule has 0 amide bonds. The van der Waals surface area contributed by atoms with Crippen LogP contribution in [0.4, 0.5) is 5.82 Å². The van der Waals surface area contributed by atoms with Crippen LogP contribution < -0.4 is 14.8 Å². The van der Waals surface area contributed by atoms with E-state index in [4.69, 9.17) is 9.47 Å². The number of hydrogen-bond acceptors (Lipinski definition) is 5. The number of methoxy groups -OCH3 is 2. The molecule has 6 heteroatoms. The molecule has 2 aliphatic rings. The summed E-state index contributed by atoms with van der Waals surface area (Å²) < 4.78 is 10.6. The van der Waals surface area contributed by atoms with Crippen molar-refractivity contribution in [2.24, 2.45) is 0 Å². The van der Waals surface area contributed by atoms with Gasteiger partial charge in [-0.3, -0.25) is 0 Å². The Labute approximate surface area is 166 Å². The van der Waals surface area contributed by atoms with Gasteiger partial charge >= 0.3 is 17.1 Å². The Bertz CT molecular complexity index is 678. The first-order chi connectivity index (χ1) is 12.3. The summed E-state index contributed by atoms with van der Waals surface area (Å²) in [5.74, 6) is 2.04. The van der Waals surface area contributed by atoms with E-state index in [1.807, 2.05) is 69.9 Å². The SMILES string of the molecule is COc1cc2ncnc(N[C]3[CH][CH][CH][CH]3)c2cc1OC.[CH]1[CH][CH][CH][CH]1.[Fe+2]. The minimum Gasteiger partial charge on any atom is -0.493 e. The number of ether oxygens (including phenoxy) is 2. The van der Waals surface area contributed by atoms with E-state index >= 15 is 0 Å². The minimum atomic E-state index is 0. The van der Waals surface area contributed by atoms with Gasteiger partial charge in [0.05, 0.1) is 25.8 Å². The van der Waals surface area contributed by atoms with Gasteiger partial charge < -0.3 is 14.8 Å². The number of nitrogens with zero attached hydrogens (tertiary/aromatic N) is 2. The first-order valence-electron chi connectivity index (χ1n) is 7.84. The Morgan fingerprint density at radius 2 is 1.35 bits per heavy atom. The third-order valence-electron chi connectivity index (χ3n) is 3.62. The van der Waals surface area contributed by atoms with Crippen LogP contribution >= 0.6 is 0 Å². The summed E-state index contributed by atoms with van der Waals surface area (Å²) >= 11 is 0. The molecule has 2 aliphatic carbocycles. The Hall–Kier alpha value is -1.52. The van der Waals surface area contributed by atoms with Crippen molar-refractivity contribution in [1.82, 2.24) is 9.97 Å². The van der Waals surface area contributed by atoms with Gasteiger partial charge in [-0.05, 0) is 63.9 Å². The van der Waals surface area contributed by atoms with Gasteiger partial charge in [-0.1, -0.05) is 0 Å². The van der Waals surface area contributed by atoms with Crippen LogP contribution in [0.15, 0.2) is 18.5 Å². The third kappa shape index (κ3) is 5.24. The zero-order valence-electron chi connectivity index (χ0n) is 14.5. The van der Waals surface area contributed by atoms with Gasteiger partial charge in [0.1, 0.15) is 12.1 Å². The predicted octanol–water partition coefficient (Wildman–Crippen LogP) is 3.44. The van der Waals surface area contributed by atoms with Crippen LogP contribution in [0, 0.1) is 63.8 Å². The third-order valence-corrected chi connectivity index (χ3v) is 3.62. The number of nitrogens with one attached hydrogen (secondary N) is 1. The number of hydrogen-bond donors (Lipinski definition) is 1. The molecule has 1 aromatic carbocycles. The average molecular weight is 389 g/mol. The molecular formula is C20H19FeN3O2+2. The zero-order chi connectivity index (χ0) is 17.5. The number of fused-ring (bicyclic) bond motifs is 1. The molecule has 0 spiro atoms. The molecule has 2 aromatic rings.